The number of hydrogen-bond acceptors (Lipinski definition) is 4. The lowest BCUT2D eigenvalue weighted by Crippen LogP contribution is -2.15. The van der Waals surface area contributed by atoms with Crippen LogP contribution in [0.15, 0.2) is 18.2 Å². The van der Waals surface area contributed by atoms with Crippen molar-refractivity contribution < 1.29 is 19.4 Å². The van der Waals surface area contributed by atoms with Crippen molar-refractivity contribution in [2.45, 2.75) is 25.5 Å². The highest BCUT2D eigenvalue weighted by Crippen LogP contribution is 2.25. The molecule has 0 fully saturated rings. The van der Waals surface area contributed by atoms with Gasteiger partial charge in [-0.2, -0.15) is 0 Å². The molecule has 0 aliphatic rings. The summed E-state index contributed by atoms with van der Waals surface area (Å²) in [6.45, 7) is 0.445. The molecule has 0 saturated carbocycles. The number of carboxylic acid groups (broad SMARTS) is 1. The molecule has 0 aliphatic heterocycles. The molecule has 0 heterocycles. The van der Waals surface area contributed by atoms with E-state index in [2.05, 4.69) is 0 Å². The van der Waals surface area contributed by atoms with Crippen LogP contribution in [0.3, 0.4) is 0 Å². The molecular formula is C13H19NO4. The Labute approximate surface area is 107 Å². The lowest BCUT2D eigenvalue weighted by molar-refractivity contribution is -0.137. The number of carbonyl (C=O) groups is 1. The van der Waals surface area contributed by atoms with Gasteiger partial charge in [-0.25, -0.2) is 0 Å². The molecule has 1 atom stereocenters. The summed E-state index contributed by atoms with van der Waals surface area (Å²) in [5.41, 5.74) is 7.85. The standard InChI is InChI=1S/C13H19NO4/c1-17-8-9-3-4-10(18-2)7-11(9)12(14)5-6-13(15)16/h3-4,7,12H,5-6,8,14H2,1-2H3,(H,15,16). The van der Waals surface area contributed by atoms with Crippen molar-refractivity contribution in [3.63, 3.8) is 0 Å². The summed E-state index contributed by atoms with van der Waals surface area (Å²) in [4.78, 5) is 10.6. The minimum Gasteiger partial charge on any atom is -0.497 e. The molecule has 0 aliphatic carbocycles. The summed E-state index contributed by atoms with van der Waals surface area (Å²) in [6, 6.07) is 5.22. The fraction of sp³-hybridized carbons (Fsp3) is 0.462. The Balaban J connectivity index is 2.90. The van der Waals surface area contributed by atoms with E-state index in [0.717, 1.165) is 11.1 Å². The van der Waals surface area contributed by atoms with Crippen LogP contribution in [-0.2, 0) is 16.1 Å². The van der Waals surface area contributed by atoms with Gasteiger partial charge in [0.1, 0.15) is 5.75 Å². The van der Waals surface area contributed by atoms with Crippen LogP contribution < -0.4 is 10.5 Å². The molecule has 0 radical (unpaired) electrons. The van der Waals surface area contributed by atoms with Crippen molar-refractivity contribution in [2.24, 2.45) is 5.73 Å². The molecule has 1 rings (SSSR count). The Morgan fingerprint density at radius 3 is 2.72 bits per heavy atom. The van der Waals surface area contributed by atoms with E-state index in [1.807, 2.05) is 18.2 Å². The first kappa shape index (κ1) is 14.5. The average molecular weight is 253 g/mol. The molecule has 100 valence electrons. The first-order chi connectivity index (χ1) is 8.58. The molecule has 0 amide bonds. The fourth-order valence-corrected chi connectivity index (χ4v) is 1.77. The second-order valence-electron chi connectivity index (χ2n) is 4.04. The minimum absolute atomic E-state index is 0.0464. The molecule has 3 N–H and O–H groups in total. The number of rotatable bonds is 7. The van der Waals surface area contributed by atoms with Crippen LogP contribution in [-0.4, -0.2) is 25.3 Å². The number of benzene rings is 1. The maximum absolute atomic E-state index is 10.6. The van der Waals surface area contributed by atoms with E-state index in [1.54, 1.807) is 14.2 Å². The highest BCUT2D eigenvalue weighted by atomic mass is 16.5. The third-order valence-corrected chi connectivity index (χ3v) is 2.72. The average Bonchev–Trinajstić information content (AvgIpc) is 2.36. The first-order valence-corrected chi connectivity index (χ1v) is 5.71. The molecular weight excluding hydrogens is 234 g/mol. The molecule has 0 saturated heterocycles. The van der Waals surface area contributed by atoms with E-state index in [4.69, 9.17) is 20.3 Å². The summed E-state index contributed by atoms with van der Waals surface area (Å²) in [5, 5.41) is 8.68. The van der Waals surface area contributed by atoms with E-state index in [-0.39, 0.29) is 12.5 Å². The zero-order valence-electron chi connectivity index (χ0n) is 10.7. The lowest BCUT2D eigenvalue weighted by Gasteiger charge is -2.16. The highest BCUT2D eigenvalue weighted by Gasteiger charge is 2.13. The monoisotopic (exact) mass is 253 g/mol. The lowest BCUT2D eigenvalue weighted by atomic mass is 9.97. The van der Waals surface area contributed by atoms with Gasteiger partial charge in [0.15, 0.2) is 0 Å². The molecule has 1 aromatic carbocycles. The quantitative estimate of drug-likeness (QED) is 0.773. The Morgan fingerprint density at radius 1 is 1.44 bits per heavy atom. The van der Waals surface area contributed by atoms with Gasteiger partial charge in [-0.3, -0.25) is 4.79 Å². The van der Waals surface area contributed by atoms with Gasteiger partial charge < -0.3 is 20.3 Å². The van der Waals surface area contributed by atoms with E-state index >= 15 is 0 Å². The van der Waals surface area contributed by atoms with Gasteiger partial charge in [0.05, 0.1) is 13.7 Å². The van der Waals surface area contributed by atoms with Crippen LogP contribution in [0.4, 0.5) is 0 Å². The van der Waals surface area contributed by atoms with Gasteiger partial charge >= 0.3 is 5.97 Å². The van der Waals surface area contributed by atoms with Gasteiger partial charge in [-0.15, -0.1) is 0 Å². The summed E-state index contributed by atoms with van der Waals surface area (Å²) < 4.78 is 10.3. The predicted molar refractivity (Wildman–Crippen MR) is 67.5 cm³/mol. The van der Waals surface area contributed by atoms with Gasteiger partial charge in [0.2, 0.25) is 0 Å². The number of hydrogen-bond donors (Lipinski definition) is 2. The number of methoxy groups -OCH3 is 2. The largest absolute Gasteiger partial charge is 0.497 e. The maximum atomic E-state index is 10.6. The van der Waals surface area contributed by atoms with E-state index < -0.39 is 5.97 Å². The van der Waals surface area contributed by atoms with Crippen LogP contribution >= 0.6 is 0 Å². The molecule has 0 aromatic heterocycles. The number of aliphatic carboxylic acids is 1. The highest BCUT2D eigenvalue weighted by molar-refractivity contribution is 5.66. The smallest absolute Gasteiger partial charge is 0.303 e. The van der Waals surface area contributed by atoms with Crippen molar-refractivity contribution in [2.75, 3.05) is 14.2 Å². The Kier molecular flexibility index (Phi) is 5.61. The second kappa shape index (κ2) is 6.98. The Hall–Kier alpha value is -1.59. The number of nitrogens with two attached hydrogens (primary N) is 1. The fourth-order valence-electron chi connectivity index (χ4n) is 1.77. The van der Waals surface area contributed by atoms with E-state index in [0.29, 0.717) is 18.8 Å². The van der Waals surface area contributed by atoms with Crippen LogP contribution in [0.5, 0.6) is 5.75 Å². The third-order valence-electron chi connectivity index (χ3n) is 2.72. The van der Waals surface area contributed by atoms with Crippen LogP contribution in [0, 0.1) is 0 Å². The molecule has 5 heteroatoms. The van der Waals surface area contributed by atoms with E-state index in [1.165, 1.54) is 0 Å². The Bertz CT molecular complexity index is 406. The van der Waals surface area contributed by atoms with Gasteiger partial charge in [-0.05, 0) is 29.7 Å². The van der Waals surface area contributed by atoms with Crippen molar-refractivity contribution in [3.05, 3.63) is 29.3 Å². The van der Waals surface area contributed by atoms with Gasteiger partial charge in [0, 0.05) is 19.6 Å². The molecule has 18 heavy (non-hydrogen) atoms. The normalized spacial score (nSPS) is 12.2. The van der Waals surface area contributed by atoms with Crippen LogP contribution in [0.25, 0.3) is 0 Å². The molecule has 1 unspecified atom stereocenters. The summed E-state index contributed by atoms with van der Waals surface area (Å²) >= 11 is 0. The van der Waals surface area contributed by atoms with Gasteiger partial charge in [0.25, 0.3) is 0 Å². The molecule has 1 aromatic rings. The Morgan fingerprint density at radius 2 is 2.17 bits per heavy atom. The van der Waals surface area contributed by atoms with Crippen LogP contribution in [0.1, 0.15) is 30.0 Å². The summed E-state index contributed by atoms with van der Waals surface area (Å²) in [6.07, 6.45) is 0.435. The zero-order chi connectivity index (χ0) is 13.5. The number of ether oxygens (including phenoxy) is 2. The van der Waals surface area contributed by atoms with Crippen molar-refractivity contribution in [3.8, 4) is 5.75 Å². The van der Waals surface area contributed by atoms with Crippen molar-refractivity contribution in [1.29, 1.82) is 0 Å². The first-order valence-electron chi connectivity index (χ1n) is 5.71. The summed E-state index contributed by atoms with van der Waals surface area (Å²) in [5.74, 6) is -0.141. The third kappa shape index (κ3) is 4.01. The SMILES string of the molecule is COCc1ccc(OC)cc1C(N)CCC(=O)O. The van der Waals surface area contributed by atoms with Crippen molar-refractivity contribution in [1.82, 2.24) is 0 Å². The minimum atomic E-state index is -0.846. The second-order valence-corrected chi connectivity index (χ2v) is 4.04. The topological polar surface area (TPSA) is 81.8 Å². The maximum Gasteiger partial charge on any atom is 0.303 e. The zero-order valence-corrected chi connectivity index (χ0v) is 10.7. The molecule has 0 bridgehead atoms. The molecule has 5 nitrogen and oxygen atoms in total. The van der Waals surface area contributed by atoms with Crippen LogP contribution in [0.2, 0.25) is 0 Å². The van der Waals surface area contributed by atoms with Gasteiger partial charge in [-0.1, -0.05) is 6.07 Å². The van der Waals surface area contributed by atoms with Crippen molar-refractivity contribution >= 4 is 5.97 Å². The predicted octanol–water partition coefficient (Wildman–Crippen LogP) is 1.71. The summed E-state index contributed by atoms with van der Waals surface area (Å²) in [7, 11) is 3.19. The molecule has 0 spiro atoms. The number of carboxylic acids is 1. The van der Waals surface area contributed by atoms with E-state index in [9.17, 15) is 4.79 Å².